The Morgan fingerprint density at radius 2 is 1.92 bits per heavy atom. The highest BCUT2D eigenvalue weighted by Gasteiger charge is 2.39. The molecule has 0 spiro atoms. The Balaban J connectivity index is 2.13. The summed E-state index contributed by atoms with van der Waals surface area (Å²) in [7, 11) is 0. The van der Waals surface area contributed by atoms with E-state index < -0.39 is 5.92 Å². The molecule has 1 atom stereocenters. The van der Waals surface area contributed by atoms with E-state index in [9.17, 15) is 9.59 Å². The molecule has 0 unspecified atom stereocenters. The Morgan fingerprint density at radius 3 is 2.56 bits per heavy atom. The Bertz CT molecular complexity index is 775. The quantitative estimate of drug-likeness (QED) is 0.819. The lowest BCUT2D eigenvalue weighted by Gasteiger charge is -2.34. The summed E-state index contributed by atoms with van der Waals surface area (Å²) < 4.78 is 5.45. The number of esters is 1. The first-order valence-corrected chi connectivity index (χ1v) is 8.96. The molecule has 0 saturated carbocycles. The van der Waals surface area contributed by atoms with Crippen LogP contribution in [0.4, 0.5) is 0 Å². The number of benzene rings is 1. The molecule has 1 aliphatic heterocycles. The van der Waals surface area contributed by atoms with Crippen LogP contribution >= 0.6 is 11.6 Å². The van der Waals surface area contributed by atoms with Crippen molar-refractivity contribution in [1.29, 1.82) is 0 Å². The van der Waals surface area contributed by atoms with E-state index in [0.717, 1.165) is 29.8 Å². The molecule has 0 saturated heterocycles. The number of nitrogens with one attached hydrogen (secondary N) is 1. The van der Waals surface area contributed by atoms with Crippen LogP contribution in [-0.4, -0.2) is 17.9 Å². The Morgan fingerprint density at radius 1 is 1.24 bits per heavy atom. The van der Waals surface area contributed by atoms with Gasteiger partial charge in [-0.3, -0.25) is 4.79 Å². The maximum atomic E-state index is 12.8. The summed E-state index contributed by atoms with van der Waals surface area (Å²) in [5.41, 5.74) is 3.75. The van der Waals surface area contributed by atoms with Crippen molar-refractivity contribution in [2.75, 3.05) is 0 Å². The molecule has 1 aromatic carbocycles. The van der Waals surface area contributed by atoms with Crippen LogP contribution in [-0.2, 0) is 14.3 Å². The van der Waals surface area contributed by atoms with Gasteiger partial charge in [0.15, 0.2) is 5.78 Å². The summed E-state index contributed by atoms with van der Waals surface area (Å²) in [6, 6.07) is 7.32. The summed E-state index contributed by atoms with van der Waals surface area (Å²) in [5, 5.41) is 3.89. The van der Waals surface area contributed by atoms with E-state index in [0.29, 0.717) is 22.6 Å². The third-order valence-corrected chi connectivity index (χ3v) is 4.79. The molecule has 1 N–H and O–H groups in total. The standard InChI is InChI=1S/C20H22ClNO3/c1-11(2)25-20(24)17-12(3)22-15-5-4-6-16(23)19(15)18(17)13-7-9-14(21)10-8-13/h7-11,18,22H,4-6H2,1-3H3/t18-/m0/s1. The minimum Gasteiger partial charge on any atom is -0.460 e. The van der Waals surface area contributed by atoms with Crippen molar-refractivity contribution in [3.8, 4) is 0 Å². The minimum absolute atomic E-state index is 0.0936. The van der Waals surface area contributed by atoms with Crippen LogP contribution in [0.15, 0.2) is 46.8 Å². The number of carbonyl (C=O) groups excluding carboxylic acids is 2. The van der Waals surface area contributed by atoms with Gasteiger partial charge in [-0.2, -0.15) is 0 Å². The Kier molecular flexibility index (Phi) is 5.00. The lowest BCUT2D eigenvalue weighted by molar-refractivity contribution is -0.143. The third kappa shape index (κ3) is 3.49. The predicted molar refractivity (Wildman–Crippen MR) is 97.1 cm³/mol. The summed E-state index contributed by atoms with van der Waals surface area (Å²) in [6.45, 7) is 5.50. The van der Waals surface area contributed by atoms with Crippen molar-refractivity contribution >= 4 is 23.4 Å². The third-order valence-electron chi connectivity index (χ3n) is 4.54. The second-order valence-corrected chi connectivity index (χ2v) is 7.21. The number of Topliss-reactive ketones (excluding diaryl/α,β-unsaturated/α-hetero) is 1. The molecule has 0 bridgehead atoms. The number of carbonyl (C=O) groups is 2. The molecule has 3 rings (SSSR count). The molecular formula is C20H22ClNO3. The number of allylic oxidation sites excluding steroid dienone is 3. The normalized spacial score (nSPS) is 20.5. The average molecular weight is 360 g/mol. The van der Waals surface area contributed by atoms with E-state index in [2.05, 4.69) is 5.32 Å². The molecule has 0 amide bonds. The number of rotatable bonds is 3. The fourth-order valence-corrected chi connectivity index (χ4v) is 3.65. The highest BCUT2D eigenvalue weighted by Crippen LogP contribution is 2.42. The van der Waals surface area contributed by atoms with Crippen molar-refractivity contribution in [3.05, 3.63) is 57.4 Å². The van der Waals surface area contributed by atoms with Gasteiger partial charge < -0.3 is 10.1 Å². The van der Waals surface area contributed by atoms with Gasteiger partial charge in [-0.1, -0.05) is 23.7 Å². The molecule has 132 valence electrons. The largest absolute Gasteiger partial charge is 0.460 e. The first kappa shape index (κ1) is 17.7. The van der Waals surface area contributed by atoms with E-state index in [1.807, 2.05) is 32.9 Å². The highest BCUT2D eigenvalue weighted by molar-refractivity contribution is 6.30. The number of ether oxygens (including phenoxy) is 1. The summed E-state index contributed by atoms with van der Waals surface area (Å²) in [4.78, 5) is 25.4. The maximum Gasteiger partial charge on any atom is 0.337 e. The van der Waals surface area contributed by atoms with E-state index in [1.54, 1.807) is 12.1 Å². The van der Waals surface area contributed by atoms with Gasteiger partial charge in [0.2, 0.25) is 0 Å². The second kappa shape index (κ2) is 7.04. The Hall–Kier alpha value is -2.07. The van der Waals surface area contributed by atoms with E-state index in [1.165, 1.54) is 0 Å². The lowest BCUT2D eigenvalue weighted by Crippen LogP contribution is -2.34. The summed E-state index contributed by atoms with van der Waals surface area (Å²) >= 11 is 6.02. The lowest BCUT2D eigenvalue weighted by atomic mass is 9.75. The van der Waals surface area contributed by atoms with Crippen LogP contribution in [0.3, 0.4) is 0 Å². The maximum absolute atomic E-state index is 12.8. The van der Waals surface area contributed by atoms with Crippen molar-refractivity contribution < 1.29 is 14.3 Å². The molecule has 25 heavy (non-hydrogen) atoms. The zero-order valence-electron chi connectivity index (χ0n) is 14.7. The zero-order chi connectivity index (χ0) is 18.1. The molecule has 2 aliphatic rings. The molecule has 0 fully saturated rings. The number of hydrogen-bond donors (Lipinski definition) is 1. The smallest absolute Gasteiger partial charge is 0.337 e. The van der Waals surface area contributed by atoms with Gasteiger partial charge in [-0.15, -0.1) is 0 Å². The second-order valence-electron chi connectivity index (χ2n) is 6.77. The molecule has 0 radical (unpaired) electrons. The van der Waals surface area contributed by atoms with Crippen LogP contribution in [0.1, 0.15) is 51.5 Å². The van der Waals surface area contributed by atoms with Gasteiger partial charge >= 0.3 is 5.97 Å². The molecule has 1 aliphatic carbocycles. The SMILES string of the molecule is CC1=C(C(=O)OC(C)C)[C@H](c2ccc(Cl)cc2)C2=C(CCCC2=O)N1. The molecule has 1 aromatic rings. The number of dihydropyridines is 1. The molecular weight excluding hydrogens is 338 g/mol. The van der Waals surface area contributed by atoms with Crippen LogP contribution in [0.25, 0.3) is 0 Å². The van der Waals surface area contributed by atoms with Gasteiger partial charge in [-0.05, 0) is 51.3 Å². The van der Waals surface area contributed by atoms with Crippen molar-refractivity contribution in [1.82, 2.24) is 5.32 Å². The number of ketones is 1. The highest BCUT2D eigenvalue weighted by atomic mass is 35.5. The van der Waals surface area contributed by atoms with Gasteiger partial charge in [0, 0.05) is 34.3 Å². The molecule has 4 nitrogen and oxygen atoms in total. The van der Waals surface area contributed by atoms with Crippen LogP contribution in [0.2, 0.25) is 5.02 Å². The van der Waals surface area contributed by atoms with E-state index in [4.69, 9.17) is 16.3 Å². The van der Waals surface area contributed by atoms with Crippen molar-refractivity contribution in [2.24, 2.45) is 0 Å². The fourth-order valence-electron chi connectivity index (χ4n) is 3.52. The van der Waals surface area contributed by atoms with E-state index >= 15 is 0 Å². The monoisotopic (exact) mass is 359 g/mol. The number of hydrogen-bond acceptors (Lipinski definition) is 4. The Labute approximate surface area is 152 Å². The topological polar surface area (TPSA) is 55.4 Å². The molecule has 1 heterocycles. The predicted octanol–water partition coefficient (Wildman–Crippen LogP) is 4.26. The first-order chi connectivity index (χ1) is 11.9. The molecule has 0 aromatic heterocycles. The molecule has 5 heteroatoms. The summed E-state index contributed by atoms with van der Waals surface area (Å²) in [5.74, 6) is -0.700. The average Bonchev–Trinajstić information content (AvgIpc) is 2.53. The van der Waals surface area contributed by atoms with Gasteiger partial charge in [0.05, 0.1) is 11.7 Å². The van der Waals surface area contributed by atoms with Gasteiger partial charge in [-0.25, -0.2) is 4.79 Å². The fraction of sp³-hybridized carbons (Fsp3) is 0.400. The van der Waals surface area contributed by atoms with Gasteiger partial charge in [0.1, 0.15) is 0 Å². The minimum atomic E-state index is -0.410. The van der Waals surface area contributed by atoms with Gasteiger partial charge in [0.25, 0.3) is 0 Å². The van der Waals surface area contributed by atoms with Crippen molar-refractivity contribution in [2.45, 2.75) is 52.1 Å². The van der Waals surface area contributed by atoms with Crippen LogP contribution in [0, 0.1) is 0 Å². The van der Waals surface area contributed by atoms with Crippen molar-refractivity contribution in [3.63, 3.8) is 0 Å². The number of halogens is 1. The van der Waals surface area contributed by atoms with Crippen LogP contribution < -0.4 is 5.32 Å². The van der Waals surface area contributed by atoms with Crippen LogP contribution in [0.5, 0.6) is 0 Å². The first-order valence-electron chi connectivity index (χ1n) is 8.59. The zero-order valence-corrected chi connectivity index (χ0v) is 15.4. The summed E-state index contributed by atoms with van der Waals surface area (Å²) in [6.07, 6.45) is 1.93. The van der Waals surface area contributed by atoms with E-state index in [-0.39, 0.29) is 17.9 Å².